The molecule has 1 fully saturated rings. The fourth-order valence-electron chi connectivity index (χ4n) is 4.53. The highest BCUT2D eigenvalue weighted by Crippen LogP contribution is 2.35. The molecule has 3 aliphatic rings. The Kier molecular flexibility index (Phi) is 5.94. The molecule has 2 unspecified atom stereocenters. The van der Waals surface area contributed by atoms with Crippen LogP contribution in [0.3, 0.4) is 0 Å². The Labute approximate surface area is 208 Å². The molecule has 186 valence electrons. The first kappa shape index (κ1) is 22.4. The number of unbranched alkanes of at least 4 members (excludes halogenated alkanes) is 1. The van der Waals surface area contributed by atoms with Crippen molar-refractivity contribution in [1.82, 2.24) is 25.5 Å². The molecule has 2 atom stereocenters. The third-order valence-electron chi connectivity index (χ3n) is 6.53. The summed E-state index contributed by atoms with van der Waals surface area (Å²) in [6.45, 7) is 3.27. The van der Waals surface area contributed by atoms with Crippen LogP contribution in [0.25, 0.3) is 11.4 Å². The second-order valence-electron chi connectivity index (χ2n) is 8.96. The van der Waals surface area contributed by atoms with Crippen molar-refractivity contribution in [2.45, 2.75) is 44.8 Å². The number of nitrogens with zero attached hydrogens (tertiary/aromatic N) is 4. The molecule has 2 aromatic carbocycles. The second-order valence-corrected chi connectivity index (χ2v) is 8.96. The highest BCUT2D eigenvalue weighted by molar-refractivity contribution is 5.84. The Morgan fingerprint density at radius 2 is 1.97 bits per heavy atom. The van der Waals surface area contributed by atoms with E-state index in [1.807, 2.05) is 41.5 Å². The topological polar surface area (TPSA) is 102 Å². The fraction of sp³-hybridized carbons (Fsp3) is 0.346. The van der Waals surface area contributed by atoms with Crippen molar-refractivity contribution >= 4 is 5.91 Å². The predicted octanol–water partition coefficient (Wildman–Crippen LogP) is 3.78. The van der Waals surface area contributed by atoms with E-state index < -0.39 is 0 Å². The minimum atomic E-state index is -0.309. The maximum Gasteiger partial charge on any atom is 0.251 e. The van der Waals surface area contributed by atoms with Gasteiger partial charge in [-0.2, -0.15) is 4.98 Å². The number of carbonyl (C=O) groups is 1. The summed E-state index contributed by atoms with van der Waals surface area (Å²) in [4.78, 5) is 19.3. The SMILES string of the molecule is CCCCOc1ccc(C2CC3C(=O)N(Cc4nc(-c5ccc6c(c5)OCO6)no4)C=CN3N2)cc1. The highest BCUT2D eigenvalue weighted by atomic mass is 16.7. The molecular formula is C26H27N5O5. The summed E-state index contributed by atoms with van der Waals surface area (Å²) in [6.07, 6.45) is 6.42. The maximum absolute atomic E-state index is 13.2. The highest BCUT2D eigenvalue weighted by Gasteiger charge is 2.40. The fourth-order valence-corrected chi connectivity index (χ4v) is 4.53. The lowest BCUT2D eigenvalue weighted by Gasteiger charge is -2.30. The van der Waals surface area contributed by atoms with Crippen molar-refractivity contribution in [3.8, 4) is 28.6 Å². The Bertz CT molecular complexity index is 1270. The van der Waals surface area contributed by atoms with Crippen LogP contribution in [0, 0.1) is 0 Å². The third-order valence-corrected chi connectivity index (χ3v) is 6.53. The number of rotatable bonds is 8. The molecule has 3 aromatic rings. The quantitative estimate of drug-likeness (QED) is 0.474. The van der Waals surface area contributed by atoms with Crippen LogP contribution < -0.4 is 19.6 Å². The van der Waals surface area contributed by atoms with Crippen LogP contribution >= 0.6 is 0 Å². The smallest absolute Gasteiger partial charge is 0.251 e. The molecule has 10 heteroatoms. The number of benzene rings is 2. The van der Waals surface area contributed by atoms with E-state index in [4.69, 9.17) is 18.7 Å². The molecule has 0 aliphatic carbocycles. The van der Waals surface area contributed by atoms with E-state index in [0.717, 1.165) is 36.3 Å². The van der Waals surface area contributed by atoms with Gasteiger partial charge in [0, 0.05) is 18.0 Å². The standard InChI is InChI=1S/C26H27N5O5/c1-2-3-12-33-19-7-4-17(5-8-19)20-14-21-26(32)30(10-11-31(21)28-20)15-24-27-25(29-36-24)18-6-9-22-23(13-18)35-16-34-22/h4-11,13,20-21,28H,2-3,12,14-16H2,1H3. The largest absolute Gasteiger partial charge is 0.494 e. The molecule has 10 nitrogen and oxygen atoms in total. The first-order chi connectivity index (χ1) is 17.7. The van der Waals surface area contributed by atoms with Gasteiger partial charge in [0.05, 0.1) is 12.6 Å². The average Bonchev–Trinajstić information content (AvgIpc) is 3.66. The van der Waals surface area contributed by atoms with Crippen molar-refractivity contribution in [3.05, 3.63) is 66.3 Å². The number of hydrogen-bond acceptors (Lipinski definition) is 9. The van der Waals surface area contributed by atoms with Gasteiger partial charge in [-0.3, -0.25) is 4.79 Å². The molecule has 1 saturated heterocycles. The molecule has 4 heterocycles. The lowest BCUT2D eigenvalue weighted by molar-refractivity contribution is -0.135. The van der Waals surface area contributed by atoms with Crippen LogP contribution in [0.15, 0.2) is 59.4 Å². The summed E-state index contributed by atoms with van der Waals surface area (Å²) >= 11 is 0. The lowest BCUT2D eigenvalue weighted by atomic mass is 10.0. The first-order valence-electron chi connectivity index (χ1n) is 12.2. The zero-order chi connectivity index (χ0) is 24.5. The van der Waals surface area contributed by atoms with Crippen LogP contribution in [0.1, 0.15) is 43.7 Å². The summed E-state index contributed by atoms with van der Waals surface area (Å²) in [5.74, 6) is 2.98. The van der Waals surface area contributed by atoms with Crippen LogP contribution in [0.4, 0.5) is 0 Å². The third kappa shape index (κ3) is 4.35. The van der Waals surface area contributed by atoms with Gasteiger partial charge >= 0.3 is 0 Å². The van der Waals surface area contributed by atoms with Gasteiger partial charge in [0.1, 0.15) is 18.3 Å². The summed E-state index contributed by atoms with van der Waals surface area (Å²) in [6, 6.07) is 13.3. The molecule has 36 heavy (non-hydrogen) atoms. The number of carbonyl (C=O) groups excluding carboxylic acids is 1. The van der Waals surface area contributed by atoms with Crippen LogP contribution in [-0.2, 0) is 11.3 Å². The summed E-state index contributed by atoms with van der Waals surface area (Å²) < 4.78 is 22.0. The van der Waals surface area contributed by atoms with Crippen molar-refractivity contribution < 1.29 is 23.5 Å². The minimum Gasteiger partial charge on any atom is -0.494 e. The Morgan fingerprint density at radius 1 is 1.11 bits per heavy atom. The molecule has 1 amide bonds. The van der Waals surface area contributed by atoms with Crippen LogP contribution in [0.5, 0.6) is 17.2 Å². The number of fused-ring (bicyclic) bond motifs is 2. The number of hydrogen-bond donors (Lipinski definition) is 1. The molecule has 3 aliphatic heterocycles. The monoisotopic (exact) mass is 489 g/mol. The van der Waals surface area contributed by atoms with E-state index in [0.29, 0.717) is 29.6 Å². The molecule has 6 rings (SSSR count). The van der Waals surface area contributed by atoms with Gasteiger partial charge in [0.15, 0.2) is 11.5 Å². The zero-order valence-electron chi connectivity index (χ0n) is 19.9. The van der Waals surface area contributed by atoms with Crippen LogP contribution in [-0.4, -0.2) is 45.4 Å². The second kappa shape index (κ2) is 9.54. The molecule has 0 radical (unpaired) electrons. The molecule has 0 spiro atoms. The van der Waals surface area contributed by atoms with Gasteiger partial charge < -0.3 is 28.6 Å². The van der Waals surface area contributed by atoms with E-state index in [9.17, 15) is 4.79 Å². The van der Waals surface area contributed by atoms with E-state index in [2.05, 4.69) is 34.6 Å². The van der Waals surface area contributed by atoms with E-state index in [1.54, 1.807) is 11.1 Å². The predicted molar refractivity (Wildman–Crippen MR) is 129 cm³/mol. The van der Waals surface area contributed by atoms with Gasteiger partial charge in [0.25, 0.3) is 5.91 Å². The van der Waals surface area contributed by atoms with Crippen molar-refractivity contribution in [2.24, 2.45) is 0 Å². The maximum atomic E-state index is 13.2. The lowest BCUT2D eigenvalue weighted by Crippen LogP contribution is -2.47. The van der Waals surface area contributed by atoms with Gasteiger partial charge in [-0.1, -0.05) is 30.6 Å². The summed E-state index contributed by atoms with van der Waals surface area (Å²) in [7, 11) is 0. The Morgan fingerprint density at radius 3 is 2.83 bits per heavy atom. The van der Waals surface area contributed by atoms with Gasteiger partial charge in [-0.05, 0) is 48.7 Å². The molecular weight excluding hydrogens is 462 g/mol. The Balaban J connectivity index is 1.09. The molecule has 0 bridgehead atoms. The number of ether oxygens (including phenoxy) is 3. The molecule has 0 saturated carbocycles. The number of hydrazine groups is 1. The van der Waals surface area contributed by atoms with Crippen LogP contribution in [0.2, 0.25) is 0 Å². The number of aromatic nitrogens is 2. The van der Waals surface area contributed by atoms with Gasteiger partial charge in [0.2, 0.25) is 18.5 Å². The summed E-state index contributed by atoms with van der Waals surface area (Å²) in [5.41, 5.74) is 5.30. The van der Waals surface area contributed by atoms with E-state index in [-0.39, 0.29) is 31.3 Å². The molecule has 1 N–H and O–H groups in total. The first-order valence-corrected chi connectivity index (χ1v) is 12.2. The van der Waals surface area contributed by atoms with E-state index >= 15 is 0 Å². The zero-order valence-corrected chi connectivity index (χ0v) is 19.9. The number of amides is 1. The van der Waals surface area contributed by atoms with Gasteiger partial charge in [-0.15, -0.1) is 0 Å². The normalized spacial score (nSPS) is 20.2. The van der Waals surface area contributed by atoms with Crippen molar-refractivity contribution in [1.29, 1.82) is 0 Å². The van der Waals surface area contributed by atoms with E-state index in [1.165, 1.54) is 0 Å². The average molecular weight is 490 g/mol. The van der Waals surface area contributed by atoms with Crippen molar-refractivity contribution in [3.63, 3.8) is 0 Å². The number of nitrogens with one attached hydrogen (secondary N) is 1. The van der Waals surface area contributed by atoms with Gasteiger partial charge in [-0.25, -0.2) is 5.43 Å². The summed E-state index contributed by atoms with van der Waals surface area (Å²) in [5, 5.41) is 5.95. The minimum absolute atomic E-state index is 0.0187. The Hall–Kier alpha value is -4.05. The molecule has 1 aromatic heterocycles. The van der Waals surface area contributed by atoms with Crippen molar-refractivity contribution in [2.75, 3.05) is 13.4 Å².